The molecule has 1 unspecified atom stereocenters. The van der Waals surface area contributed by atoms with Gasteiger partial charge in [0.2, 0.25) is 0 Å². The zero-order valence-electron chi connectivity index (χ0n) is 5.72. The van der Waals surface area contributed by atoms with E-state index in [1.807, 2.05) is 0 Å². The van der Waals surface area contributed by atoms with Gasteiger partial charge in [-0.3, -0.25) is 0 Å². The van der Waals surface area contributed by atoms with Crippen molar-refractivity contribution in [3.05, 3.63) is 41.0 Å². The zero-order valence-corrected chi connectivity index (χ0v) is 7.31. The molecule has 1 rings (SSSR count). The highest BCUT2D eigenvalue weighted by atomic mass is 79.9. The zero-order chi connectivity index (χ0) is 8.43. The molecule has 0 fully saturated rings. The topological polar surface area (TPSA) is 20.2 Å². The van der Waals surface area contributed by atoms with Gasteiger partial charge < -0.3 is 5.11 Å². The summed E-state index contributed by atoms with van der Waals surface area (Å²) in [6.07, 6.45) is -0.863. The van der Waals surface area contributed by atoms with Crippen LogP contribution < -0.4 is 0 Å². The van der Waals surface area contributed by atoms with Crippen LogP contribution in [0.25, 0.3) is 0 Å². The molecule has 3 heteroatoms. The van der Waals surface area contributed by atoms with Crippen molar-refractivity contribution in [1.29, 1.82) is 0 Å². The van der Waals surface area contributed by atoms with Gasteiger partial charge in [-0.25, -0.2) is 4.39 Å². The lowest BCUT2D eigenvalue weighted by Gasteiger charge is -2.03. The van der Waals surface area contributed by atoms with Crippen molar-refractivity contribution in [2.75, 3.05) is 0 Å². The second-order valence-corrected chi connectivity index (χ2v) is 3.04. The molecule has 0 heterocycles. The van der Waals surface area contributed by atoms with Crippen molar-refractivity contribution < 1.29 is 9.50 Å². The Morgan fingerprint density at radius 2 is 2.18 bits per heavy atom. The SMILES string of the molecule is [CH2]C(O)c1ccc(Br)c(F)c1. The molecule has 0 saturated heterocycles. The Bertz CT molecular complexity index is 260. The van der Waals surface area contributed by atoms with E-state index in [-0.39, 0.29) is 5.82 Å². The van der Waals surface area contributed by atoms with Gasteiger partial charge in [-0.2, -0.15) is 0 Å². The Morgan fingerprint density at radius 3 is 2.64 bits per heavy atom. The molecule has 1 nitrogen and oxygen atoms in total. The lowest BCUT2D eigenvalue weighted by molar-refractivity contribution is 0.225. The van der Waals surface area contributed by atoms with Crippen LogP contribution in [0.4, 0.5) is 4.39 Å². The van der Waals surface area contributed by atoms with E-state index in [9.17, 15) is 4.39 Å². The number of hydrogen-bond acceptors (Lipinski definition) is 1. The monoisotopic (exact) mass is 217 g/mol. The quantitative estimate of drug-likeness (QED) is 0.767. The smallest absolute Gasteiger partial charge is 0.137 e. The van der Waals surface area contributed by atoms with Crippen LogP contribution in [0.3, 0.4) is 0 Å². The van der Waals surface area contributed by atoms with Crippen LogP contribution in [-0.4, -0.2) is 5.11 Å². The van der Waals surface area contributed by atoms with E-state index < -0.39 is 6.10 Å². The third-order valence-corrected chi connectivity index (χ3v) is 1.97. The summed E-state index contributed by atoms with van der Waals surface area (Å²) in [5, 5.41) is 8.95. The molecular weight excluding hydrogens is 211 g/mol. The molecule has 59 valence electrons. The minimum absolute atomic E-state index is 0.384. The van der Waals surface area contributed by atoms with Gasteiger partial charge >= 0.3 is 0 Å². The van der Waals surface area contributed by atoms with E-state index in [0.29, 0.717) is 10.0 Å². The summed E-state index contributed by atoms with van der Waals surface area (Å²) in [6, 6.07) is 4.41. The number of benzene rings is 1. The molecule has 1 atom stereocenters. The standard InChI is InChI=1S/C8H7BrFO/c1-5(11)6-2-3-7(9)8(10)4-6/h2-5,11H,1H2. The Morgan fingerprint density at radius 1 is 1.55 bits per heavy atom. The maximum Gasteiger partial charge on any atom is 0.137 e. The fourth-order valence-electron chi connectivity index (χ4n) is 0.720. The summed E-state index contributed by atoms with van der Waals surface area (Å²) in [5.41, 5.74) is 0.478. The summed E-state index contributed by atoms with van der Waals surface area (Å²) < 4.78 is 13.1. The minimum Gasteiger partial charge on any atom is -0.388 e. The molecule has 0 amide bonds. The second-order valence-electron chi connectivity index (χ2n) is 2.19. The van der Waals surface area contributed by atoms with E-state index in [0.717, 1.165) is 0 Å². The van der Waals surface area contributed by atoms with E-state index in [1.54, 1.807) is 12.1 Å². The predicted molar refractivity (Wildman–Crippen MR) is 44.4 cm³/mol. The van der Waals surface area contributed by atoms with Gasteiger partial charge in [-0.1, -0.05) is 6.07 Å². The molecule has 11 heavy (non-hydrogen) atoms. The van der Waals surface area contributed by atoms with Gasteiger partial charge in [0.05, 0.1) is 10.6 Å². The Kier molecular flexibility index (Phi) is 2.62. The van der Waals surface area contributed by atoms with Gasteiger partial charge in [0.25, 0.3) is 0 Å². The number of rotatable bonds is 1. The number of halogens is 2. The maximum absolute atomic E-state index is 12.8. The number of hydrogen-bond donors (Lipinski definition) is 1. The Balaban J connectivity index is 3.05. The molecule has 0 aliphatic heterocycles. The highest BCUT2D eigenvalue weighted by Gasteiger charge is 2.03. The van der Waals surface area contributed by atoms with Crippen molar-refractivity contribution in [3.63, 3.8) is 0 Å². The summed E-state index contributed by atoms with van der Waals surface area (Å²) in [4.78, 5) is 0. The fourth-order valence-corrected chi connectivity index (χ4v) is 0.966. The molecule has 1 radical (unpaired) electrons. The summed E-state index contributed by atoms with van der Waals surface area (Å²) in [7, 11) is 0. The van der Waals surface area contributed by atoms with Crippen LogP contribution in [0, 0.1) is 12.7 Å². The normalized spacial score (nSPS) is 13.1. The molecule has 0 saturated carbocycles. The molecule has 1 aromatic carbocycles. The average Bonchev–Trinajstić information content (AvgIpc) is 1.94. The van der Waals surface area contributed by atoms with Gasteiger partial charge in [0.1, 0.15) is 5.82 Å². The largest absolute Gasteiger partial charge is 0.388 e. The molecule has 0 spiro atoms. The van der Waals surface area contributed by atoms with Crippen molar-refractivity contribution >= 4 is 15.9 Å². The third-order valence-electron chi connectivity index (χ3n) is 1.33. The molecule has 0 aromatic heterocycles. The van der Waals surface area contributed by atoms with Crippen LogP contribution in [0.1, 0.15) is 11.7 Å². The van der Waals surface area contributed by atoms with E-state index >= 15 is 0 Å². The second kappa shape index (κ2) is 3.32. The van der Waals surface area contributed by atoms with E-state index in [4.69, 9.17) is 5.11 Å². The third kappa shape index (κ3) is 2.01. The molecule has 0 aliphatic rings. The summed E-state index contributed by atoms with van der Waals surface area (Å²) in [6.45, 7) is 3.35. The first-order valence-electron chi connectivity index (χ1n) is 3.07. The number of aliphatic hydroxyl groups excluding tert-OH is 1. The molecule has 1 aromatic rings. The minimum atomic E-state index is -0.863. The predicted octanol–water partition coefficient (Wildman–Crippen LogP) is 2.46. The lowest BCUT2D eigenvalue weighted by Crippen LogP contribution is -1.91. The first kappa shape index (κ1) is 8.68. The van der Waals surface area contributed by atoms with Crippen molar-refractivity contribution in [2.45, 2.75) is 6.10 Å². The molecule has 1 N–H and O–H groups in total. The van der Waals surface area contributed by atoms with Crippen LogP contribution >= 0.6 is 15.9 Å². The van der Waals surface area contributed by atoms with Crippen LogP contribution in [0.5, 0.6) is 0 Å². The highest BCUT2D eigenvalue weighted by Crippen LogP contribution is 2.19. The van der Waals surface area contributed by atoms with Gasteiger partial charge in [-0.15, -0.1) is 0 Å². The van der Waals surface area contributed by atoms with Gasteiger partial charge in [-0.05, 0) is 40.5 Å². The molecule has 0 aliphatic carbocycles. The first-order chi connectivity index (χ1) is 5.11. The van der Waals surface area contributed by atoms with Crippen LogP contribution in [-0.2, 0) is 0 Å². The Labute approximate surface area is 73.0 Å². The molecule has 0 bridgehead atoms. The first-order valence-corrected chi connectivity index (χ1v) is 3.86. The van der Waals surface area contributed by atoms with E-state index in [2.05, 4.69) is 22.9 Å². The van der Waals surface area contributed by atoms with Crippen molar-refractivity contribution in [2.24, 2.45) is 0 Å². The fraction of sp³-hybridized carbons (Fsp3) is 0.125. The lowest BCUT2D eigenvalue weighted by atomic mass is 10.1. The highest BCUT2D eigenvalue weighted by molar-refractivity contribution is 9.10. The number of aliphatic hydroxyl groups is 1. The van der Waals surface area contributed by atoms with Crippen molar-refractivity contribution in [3.8, 4) is 0 Å². The summed E-state index contributed by atoms with van der Waals surface area (Å²) >= 11 is 3.00. The van der Waals surface area contributed by atoms with Crippen LogP contribution in [0.15, 0.2) is 22.7 Å². The molecular formula is C8H7BrFO. The van der Waals surface area contributed by atoms with Crippen molar-refractivity contribution in [1.82, 2.24) is 0 Å². The Hall–Kier alpha value is -0.410. The maximum atomic E-state index is 12.8. The average molecular weight is 218 g/mol. The van der Waals surface area contributed by atoms with Crippen LogP contribution in [0.2, 0.25) is 0 Å². The van der Waals surface area contributed by atoms with Gasteiger partial charge in [0, 0.05) is 0 Å². The summed E-state index contributed by atoms with van der Waals surface area (Å²) in [5.74, 6) is -0.384. The van der Waals surface area contributed by atoms with E-state index in [1.165, 1.54) is 6.07 Å². The van der Waals surface area contributed by atoms with Gasteiger partial charge in [0.15, 0.2) is 0 Å².